The number of ether oxygens (including phenoxy) is 3. The summed E-state index contributed by atoms with van der Waals surface area (Å²) in [6.45, 7) is 5.24. The highest BCUT2D eigenvalue weighted by Crippen LogP contribution is 2.30. The van der Waals surface area contributed by atoms with Crippen LogP contribution in [0.1, 0.15) is 32.4 Å². The van der Waals surface area contributed by atoms with Gasteiger partial charge in [0.2, 0.25) is 0 Å². The van der Waals surface area contributed by atoms with Crippen molar-refractivity contribution in [3.05, 3.63) is 71.3 Å². The van der Waals surface area contributed by atoms with Crippen LogP contribution in [-0.2, 0) is 14.3 Å². The van der Waals surface area contributed by atoms with Crippen molar-refractivity contribution in [3.8, 4) is 5.75 Å². The highest BCUT2D eigenvalue weighted by atomic mass is 19.1. The van der Waals surface area contributed by atoms with Gasteiger partial charge in [-0.05, 0) is 43.7 Å². The fourth-order valence-corrected chi connectivity index (χ4v) is 3.04. The summed E-state index contributed by atoms with van der Waals surface area (Å²) in [4.78, 5) is 24.5. The summed E-state index contributed by atoms with van der Waals surface area (Å²) in [5.74, 6) is -2.17. The van der Waals surface area contributed by atoms with E-state index in [1.807, 2.05) is 0 Å². The average molecular weight is 463 g/mol. The Morgan fingerprint density at radius 2 is 1.85 bits per heavy atom. The number of rotatable bonds is 10. The third kappa shape index (κ3) is 7.87. The maximum atomic E-state index is 13.9. The zero-order valence-corrected chi connectivity index (χ0v) is 18.6. The number of amides is 1. The highest BCUT2D eigenvalue weighted by molar-refractivity contribution is 5.88. The van der Waals surface area contributed by atoms with Crippen LogP contribution >= 0.6 is 0 Å². The predicted octanol–water partition coefficient (Wildman–Crippen LogP) is 4.77. The molecule has 0 aliphatic carbocycles. The van der Waals surface area contributed by atoms with Gasteiger partial charge in [-0.1, -0.05) is 25.1 Å². The van der Waals surface area contributed by atoms with Gasteiger partial charge in [0.1, 0.15) is 30.1 Å². The predicted molar refractivity (Wildman–Crippen MR) is 118 cm³/mol. The lowest BCUT2D eigenvalue weighted by molar-refractivity contribution is -0.138. The molecule has 0 unspecified atom stereocenters. The van der Waals surface area contributed by atoms with Crippen molar-refractivity contribution in [2.24, 2.45) is 5.92 Å². The normalized spacial score (nSPS) is 13.1. The number of halogens is 2. The van der Waals surface area contributed by atoms with E-state index in [1.165, 1.54) is 0 Å². The van der Waals surface area contributed by atoms with E-state index >= 15 is 0 Å². The molecule has 0 aromatic heterocycles. The molecule has 0 spiro atoms. The van der Waals surface area contributed by atoms with Gasteiger partial charge < -0.3 is 19.3 Å². The maximum absolute atomic E-state index is 13.9. The molecule has 0 bridgehead atoms. The van der Waals surface area contributed by atoms with Crippen molar-refractivity contribution in [1.29, 1.82) is 0 Å². The van der Waals surface area contributed by atoms with Crippen molar-refractivity contribution in [2.75, 3.05) is 25.1 Å². The van der Waals surface area contributed by atoms with Crippen molar-refractivity contribution in [2.45, 2.75) is 26.9 Å². The molecule has 1 amide bonds. The Kier molecular flexibility index (Phi) is 9.81. The van der Waals surface area contributed by atoms with Crippen LogP contribution < -0.4 is 10.1 Å². The Labute approximate surface area is 191 Å². The molecule has 0 fully saturated rings. The van der Waals surface area contributed by atoms with Crippen LogP contribution in [0.15, 0.2) is 54.1 Å². The molecule has 0 aliphatic rings. The maximum Gasteiger partial charge on any atom is 0.412 e. The summed E-state index contributed by atoms with van der Waals surface area (Å²) in [7, 11) is 0. The quantitative estimate of drug-likeness (QED) is 0.389. The lowest BCUT2D eigenvalue weighted by atomic mass is 9.95. The molecule has 0 aliphatic heterocycles. The first-order valence-corrected chi connectivity index (χ1v) is 10.4. The molecule has 0 heterocycles. The standard InChI is InChI=1S/C24H27F2NO6/c1-4-31-23(29)16(3)13-15(2)22(17-5-8-19(9-6-17)32-12-11-28)33-24(30)27-21-10-7-18(25)14-20(21)26/h5-10,13-15,22,28H,4,11-12H2,1-3H3,(H,27,30)/b16-13+/t15-,22-/m1/s1. The Hall–Kier alpha value is -3.46. The Morgan fingerprint density at radius 1 is 1.15 bits per heavy atom. The highest BCUT2D eigenvalue weighted by Gasteiger charge is 2.24. The Balaban J connectivity index is 2.26. The number of carbonyl (C=O) groups is 2. The molecule has 2 rings (SSSR count). The van der Waals surface area contributed by atoms with Crippen LogP contribution in [0.3, 0.4) is 0 Å². The number of benzene rings is 2. The van der Waals surface area contributed by atoms with Crippen molar-refractivity contribution in [1.82, 2.24) is 0 Å². The van der Waals surface area contributed by atoms with Gasteiger partial charge >= 0.3 is 12.1 Å². The summed E-state index contributed by atoms with van der Waals surface area (Å²) in [6, 6.07) is 9.38. The van der Waals surface area contributed by atoms with Gasteiger partial charge in [-0.25, -0.2) is 18.4 Å². The van der Waals surface area contributed by atoms with E-state index in [0.717, 1.165) is 12.1 Å². The summed E-state index contributed by atoms with van der Waals surface area (Å²) >= 11 is 0. The average Bonchev–Trinajstić information content (AvgIpc) is 2.78. The zero-order chi connectivity index (χ0) is 24.4. The SMILES string of the molecule is CCOC(=O)/C(C)=C/[C@@H](C)[C@@H](OC(=O)Nc1ccc(F)cc1F)c1ccc(OCCO)cc1. The van der Waals surface area contributed by atoms with Crippen LogP contribution in [0.5, 0.6) is 5.75 Å². The summed E-state index contributed by atoms with van der Waals surface area (Å²) in [6.07, 6.45) is -0.199. The fourth-order valence-electron chi connectivity index (χ4n) is 3.04. The van der Waals surface area contributed by atoms with Gasteiger partial charge in [-0.3, -0.25) is 5.32 Å². The van der Waals surface area contributed by atoms with E-state index in [4.69, 9.17) is 19.3 Å². The molecule has 0 saturated carbocycles. The molecule has 2 atom stereocenters. The lowest BCUT2D eigenvalue weighted by Crippen LogP contribution is -2.22. The van der Waals surface area contributed by atoms with Gasteiger partial charge in [0.25, 0.3) is 0 Å². The Morgan fingerprint density at radius 3 is 2.45 bits per heavy atom. The van der Waals surface area contributed by atoms with E-state index in [9.17, 15) is 18.4 Å². The van der Waals surface area contributed by atoms with E-state index in [1.54, 1.807) is 51.1 Å². The minimum Gasteiger partial charge on any atom is -0.491 e. The number of anilines is 1. The van der Waals surface area contributed by atoms with Crippen molar-refractivity contribution in [3.63, 3.8) is 0 Å². The van der Waals surface area contributed by atoms with Crippen LogP contribution in [0.2, 0.25) is 0 Å². The lowest BCUT2D eigenvalue weighted by Gasteiger charge is -2.23. The smallest absolute Gasteiger partial charge is 0.412 e. The molecule has 9 heteroatoms. The molecule has 0 saturated heterocycles. The number of hydrogen-bond donors (Lipinski definition) is 2. The van der Waals surface area contributed by atoms with Crippen molar-refractivity contribution >= 4 is 17.7 Å². The molecule has 178 valence electrons. The largest absolute Gasteiger partial charge is 0.491 e. The number of nitrogens with one attached hydrogen (secondary N) is 1. The number of aliphatic hydroxyl groups is 1. The van der Waals surface area contributed by atoms with Crippen LogP contribution in [0, 0.1) is 17.6 Å². The topological polar surface area (TPSA) is 94.1 Å². The van der Waals surface area contributed by atoms with Crippen LogP contribution in [0.25, 0.3) is 0 Å². The van der Waals surface area contributed by atoms with Crippen LogP contribution in [0.4, 0.5) is 19.3 Å². The van der Waals surface area contributed by atoms with Crippen molar-refractivity contribution < 1.29 is 37.7 Å². The minimum atomic E-state index is -0.958. The van der Waals surface area contributed by atoms with Gasteiger partial charge in [-0.2, -0.15) is 0 Å². The fraction of sp³-hybridized carbons (Fsp3) is 0.333. The third-order valence-corrected chi connectivity index (χ3v) is 4.56. The molecule has 7 nitrogen and oxygen atoms in total. The zero-order valence-electron chi connectivity index (χ0n) is 18.6. The molecule has 2 aromatic carbocycles. The number of aliphatic hydroxyl groups excluding tert-OH is 1. The molecule has 2 N–H and O–H groups in total. The third-order valence-electron chi connectivity index (χ3n) is 4.56. The summed E-state index contributed by atoms with van der Waals surface area (Å²) < 4.78 is 42.9. The van der Waals surface area contributed by atoms with E-state index < -0.39 is 35.7 Å². The molecule has 33 heavy (non-hydrogen) atoms. The van der Waals surface area contributed by atoms with E-state index in [2.05, 4.69) is 5.32 Å². The van der Waals surface area contributed by atoms with Gasteiger partial charge in [0.15, 0.2) is 0 Å². The molecule has 0 radical (unpaired) electrons. The monoisotopic (exact) mass is 463 g/mol. The first kappa shape index (κ1) is 25.8. The van der Waals surface area contributed by atoms with Gasteiger partial charge in [0, 0.05) is 17.6 Å². The second-order valence-electron chi connectivity index (χ2n) is 7.15. The Bertz CT molecular complexity index is 977. The van der Waals surface area contributed by atoms with Gasteiger partial charge in [0.05, 0.1) is 18.9 Å². The number of carbonyl (C=O) groups excluding carboxylic acids is 2. The second-order valence-corrected chi connectivity index (χ2v) is 7.15. The number of esters is 1. The second kappa shape index (κ2) is 12.5. The summed E-state index contributed by atoms with van der Waals surface area (Å²) in [5, 5.41) is 11.1. The molecule has 2 aromatic rings. The first-order chi connectivity index (χ1) is 15.7. The van der Waals surface area contributed by atoms with E-state index in [0.29, 0.717) is 23.0 Å². The number of hydrogen-bond acceptors (Lipinski definition) is 6. The minimum absolute atomic E-state index is 0.128. The molecular weight excluding hydrogens is 436 g/mol. The van der Waals surface area contributed by atoms with E-state index in [-0.39, 0.29) is 25.5 Å². The van der Waals surface area contributed by atoms with Gasteiger partial charge in [-0.15, -0.1) is 0 Å². The van der Waals surface area contributed by atoms with Crippen LogP contribution in [-0.4, -0.2) is 37.0 Å². The first-order valence-electron chi connectivity index (χ1n) is 10.4. The molecular formula is C24H27F2NO6. The summed E-state index contributed by atoms with van der Waals surface area (Å²) in [5.41, 5.74) is 0.686.